The number of rotatable bonds is 6. The van der Waals surface area contributed by atoms with Crippen LogP contribution in [0.4, 0.5) is 13.2 Å². The Morgan fingerprint density at radius 1 is 1.10 bits per heavy atom. The number of nitrogens with zero attached hydrogens (tertiary/aromatic N) is 2. The molecule has 0 atom stereocenters. The van der Waals surface area contributed by atoms with Gasteiger partial charge in [0.15, 0.2) is 0 Å². The molecular weight excluding hydrogens is 521 g/mol. The lowest BCUT2D eigenvalue weighted by atomic mass is 9.88. The van der Waals surface area contributed by atoms with Gasteiger partial charge in [-0.15, -0.1) is 0 Å². The van der Waals surface area contributed by atoms with E-state index >= 15 is 0 Å². The predicted octanol–water partition coefficient (Wildman–Crippen LogP) is 6.92. The first-order chi connectivity index (χ1) is 19.2. The smallest absolute Gasteiger partial charge is 0.416 e. The molecule has 1 aliphatic heterocycles. The van der Waals surface area contributed by atoms with Crippen molar-refractivity contribution in [2.75, 3.05) is 6.61 Å². The molecule has 0 unspecified atom stereocenters. The van der Waals surface area contributed by atoms with Crippen LogP contribution >= 0.6 is 0 Å². The Morgan fingerprint density at radius 2 is 1.95 bits per heavy atom. The van der Waals surface area contributed by atoms with E-state index in [2.05, 4.69) is 9.97 Å². The lowest BCUT2D eigenvalue weighted by Gasteiger charge is -2.21. The van der Waals surface area contributed by atoms with Crippen LogP contribution < -0.4 is 9.47 Å². The van der Waals surface area contributed by atoms with Gasteiger partial charge in [-0.3, -0.25) is 9.78 Å². The number of ether oxygens (including phenoxy) is 2. The summed E-state index contributed by atoms with van der Waals surface area (Å²) >= 11 is 0. The maximum Gasteiger partial charge on any atom is 0.416 e. The summed E-state index contributed by atoms with van der Waals surface area (Å²) in [5.74, 6) is 0.0228. The Morgan fingerprint density at radius 3 is 2.75 bits per heavy atom. The molecule has 0 fully saturated rings. The Kier molecular flexibility index (Phi) is 6.29. The minimum Gasteiger partial charge on any atom is -0.493 e. The van der Waals surface area contributed by atoms with E-state index in [1.165, 1.54) is 6.07 Å². The molecule has 40 heavy (non-hydrogen) atoms. The Balaban J connectivity index is 1.46. The number of alkyl halides is 3. The molecule has 0 aliphatic carbocycles. The van der Waals surface area contributed by atoms with Crippen molar-refractivity contribution in [3.63, 3.8) is 0 Å². The normalized spacial score (nSPS) is 12.9. The lowest BCUT2D eigenvalue weighted by molar-refractivity contribution is -0.138. The Hall–Kier alpha value is -4.66. The molecule has 6 nitrogen and oxygen atoms in total. The summed E-state index contributed by atoms with van der Waals surface area (Å²) in [5, 5.41) is 11.4. The van der Waals surface area contributed by atoms with Gasteiger partial charge in [0.1, 0.15) is 12.4 Å². The molecule has 0 radical (unpaired) electrons. The number of halogens is 3. The molecule has 5 aromatic rings. The highest BCUT2D eigenvalue weighted by Gasteiger charge is 2.30. The van der Waals surface area contributed by atoms with Crippen LogP contribution in [-0.2, 0) is 30.4 Å². The number of fused-ring (bicyclic) bond motifs is 1. The maximum atomic E-state index is 13.1. The summed E-state index contributed by atoms with van der Waals surface area (Å²) in [6.07, 6.45) is -2.13. The highest BCUT2D eigenvalue weighted by molar-refractivity contribution is 6.07. The van der Waals surface area contributed by atoms with Gasteiger partial charge in [-0.25, -0.2) is 4.98 Å². The van der Waals surface area contributed by atoms with E-state index in [4.69, 9.17) is 9.47 Å². The molecule has 1 aliphatic rings. The molecule has 0 amide bonds. The number of carboxylic acids is 1. The summed E-state index contributed by atoms with van der Waals surface area (Å²) in [4.78, 5) is 21.2. The fraction of sp³-hybridized carbons (Fsp3) is 0.194. The van der Waals surface area contributed by atoms with Crippen molar-refractivity contribution in [2.45, 2.75) is 32.5 Å². The van der Waals surface area contributed by atoms with E-state index in [1.54, 1.807) is 30.5 Å². The first kappa shape index (κ1) is 25.6. The van der Waals surface area contributed by atoms with E-state index in [-0.39, 0.29) is 18.9 Å². The second-order valence-electron chi connectivity index (χ2n) is 9.72. The number of hydrogen-bond donors (Lipinski definition) is 1. The molecule has 3 heterocycles. The molecule has 3 aromatic carbocycles. The van der Waals surface area contributed by atoms with E-state index in [1.807, 2.05) is 25.1 Å². The van der Waals surface area contributed by atoms with Gasteiger partial charge in [0.25, 0.3) is 0 Å². The second-order valence-corrected chi connectivity index (χ2v) is 9.72. The van der Waals surface area contributed by atoms with Crippen LogP contribution in [0, 0.1) is 6.92 Å². The Bertz CT molecular complexity index is 1790. The van der Waals surface area contributed by atoms with Crippen molar-refractivity contribution in [2.24, 2.45) is 0 Å². The molecule has 9 heteroatoms. The minimum absolute atomic E-state index is 0.0931. The molecule has 0 bridgehead atoms. The van der Waals surface area contributed by atoms with Gasteiger partial charge in [0.05, 0.1) is 29.6 Å². The van der Waals surface area contributed by atoms with E-state index in [0.717, 1.165) is 57.5 Å². The predicted molar refractivity (Wildman–Crippen MR) is 144 cm³/mol. The number of pyridine rings is 2. The monoisotopic (exact) mass is 544 g/mol. The highest BCUT2D eigenvalue weighted by atomic mass is 19.4. The fourth-order valence-corrected chi connectivity index (χ4v) is 5.29. The lowest BCUT2D eigenvalue weighted by Crippen LogP contribution is -2.10. The van der Waals surface area contributed by atoms with Gasteiger partial charge in [-0.05, 0) is 77.2 Å². The highest BCUT2D eigenvalue weighted by Crippen LogP contribution is 2.42. The minimum atomic E-state index is -4.44. The zero-order valence-electron chi connectivity index (χ0n) is 21.4. The van der Waals surface area contributed by atoms with Crippen LogP contribution in [0.5, 0.6) is 11.6 Å². The average Bonchev–Trinajstić information content (AvgIpc) is 2.93. The number of carboxylic acid groups (broad SMARTS) is 1. The van der Waals surface area contributed by atoms with E-state index in [9.17, 15) is 23.1 Å². The van der Waals surface area contributed by atoms with Crippen molar-refractivity contribution >= 4 is 27.8 Å². The zero-order chi connectivity index (χ0) is 28.0. The fourth-order valence-electron chi connectivity index (χ4n) is 5.29. The van der Waals surface area contributed by atoms with E-state index < -0.39 is 17.7 Å². The summed E-state index contributed by atoms with van der Waals surface area (Å²) in [7, 11) is 0. The van der Waals surface area contributed by atoms with Crippen LogP contribution in [0.1, 0.15) is 27.8 Å². The largest absolute Gasteiger partial charge is 0.493 e. The molecule has 2 aromatic heterocycles. The van der Waals surface area contributed by atoms with Gasteiger partial charge in [-0.1, -0.05) is 12.1 Å². The van der Waals surface area contributed by atoms with Gasteiger partial charge >= 0.3 is 12.1 Å². The quantitative estimate of drug-likeness (QED) is 0.250. The Labute approximate surface area is 227 Å². The van der Waals surface area contributed by atoms with Crippen molar-refractivity contribution in [3.8, 4) is 22.8 Å². The van der Waals surface area contributed by atoms with Crippen LogP contribution in [0.25, 0.3) is 32.9 Å². The van der Waals surface area contributed by atoms with Gasteiger partial charge in [-0.2, -0.15) is 13.2 Å². The van der Waals surface area contributed by atoms with Crippen molar-refractivity contribution in [1.29, 1.82) is 0 Å². The molecule has 0 saturated carbocycles. The number of carbonyl (C=O) groups is 1. The third-order valence-electron chi connectivity index (χ3n) is 7.11. The third-order valence-corrected chi connectivity index (χ3v) is 7.11. The number of aliphatic carboxylic acids is 1. The van der Waals surface area contributed by atoms with Crippen LogP contribution in [-0.4, -0.2) is 27.7 Å². The number of benzene rings is 3. The molecule has 1 N–H and O–H groups in total. The summed E-state index contributed by atoms with van der Waals surface area (Å²) in [5.41, 5.74) is 4.91. The molecule has 0 saturated heterocycles. The molecular formula is C31H23F3N2O4. The SMILES string of the molecule is Cc1cc2nc(OCc3cccc(C(F)(F)F)c3)ccc2c(-c2ccc3c4c(ccnc24)CCO3)c1CC(=O)O. The standard InChI is InChI=1S/C31H23F3N2O4/c1-17-13-24-21(6-8-26(36-24)40-16-18-3-2-4-20(14-18)31(32,33)34)29(23(17)15-27(37)38)22-5-7-25-28-19(10-12-39-25)9-11-35-30(22)28/h2-9,11,13-14H,10,12,15-16H2,1H3,(H,37,38). The summed E-state index contributed by atoms with van der Waals surface area (Å²) in [6, 6.07) is 16.0. The van der Waals surface area contributed by atoms with Gasteiger partial charge in [0.2, 0.25) is 5.88 Å². The molecule has 0 spiro atoms. The van der Waals surface area contributed by atoms with Crippen LogP contribution in [0.15, 0.2) is 66.9 Å². The second kappa shape index (κ2) is 9.82. The van der Waals surface area contributed by atoms with Crippen molar-refractivity contribution in [3.05, 3.63) is 94.7 Å². The van der Waals surface area contributed by atoms with Crippen LogP contribution in [0.2, 0.25) is 0 Å². The van der Waals surface area contributed by atoms with E-state index in [0.29, 0.717) is 28.6 Å². The third kappa shape index (κ3) is 4.68. The number of aryl methyl sites for hydroxylation is 1. The number of aromatic nitrogens is 2. The summed E-state index contributed by atoms with van der Waals surface area (Å²) < 4.78 is 50.9. The first-order valence-electron chi connectivity index (χ1n) is 12.7. The topological polar surface area (TPSA) is 81.5 Å². The summed E-state index contributed by atoms with van der Waals surface area (Å²) in [6.45, 7) is 2.32. The zero-order valence-corrected chi connectivity index (χ0v) is 21.4. The average molecular weight is 545 g/mol. The molecule has 202 valence electrons. The van der Waals surface area contributed by atoms with Gasteiger partial charge < -0.3 is 14.6 Å². The number of hydrogen-bond acceptors (Lipinski definition) is 5. The molecule has 6 rings (SSSR count). The maximum absolute atomic E-state index is 13.1. The van der Waals surface area contributed by atoms with Gasteiger partial charge in [0, 0.05) is 35.0 Å². The van der Waals surface area contributed by atoms with Crippen molar-refractivity contribution < 1.29 is 32.5 Å². The van der Waals surface area contributed by atoms with Crippen molar-refractivity contribution in [1.82, 2.24) is 9.97 Å². The van der Waals surface area contributed by atoms with Crippen LogP contribution in [0.3, 0.4) is 0 Å². The first-order valence-corrected chi connectivity index (χ1v) is 12.7.